The topological polar surface area (TPSA) is 55.1 Å². The zero-order chi connectivity index (χ0) is 11.5. The van der Waals surface area contributed by atoms with Crippen molar-refractivity contribution in [3.8, 4) is 0 Å². The summed E-state index contributed by atoms with van der Waals surface area (Å²) >= 11 is 0. The van der Waals surface area contributed by atoms with Gasteiger partial charge in [0.15, 0.2) is 11.4 Å². The number of carbonyl (C=O) groups is 1. The number of rotatable bonds is 3. The maximum atomic E-state index is 11.6. The van der Waals surface area contributed by atoms with Crippen molar-refractivity contribution in [2.75, 3.05) is 5.32 Å². The first-order valence-corrected chi connectivity index (χ1v) is 5.31. The van der Waals surface area contributed by atoms with Gasteiger partial charge in [0, 0.05) is 6.42 Å². The van der Waals surface area contributed by atoms with E-state index in [1.165, 1.54) is 0 Å². The Labute approximate surface area is 93.6 Å². The summed E-state index contributed by atoms with van der Waals surface area (Å²) in [6.45, 7) is 4.00. The molecule has 16 heavy (non-hydrogen) atoms. The lowest BCUT2D eigenvalue weighted by atomic mass is 10.1. The summed E-state index contributed by atoms with van der Waals surface area (Å²) in [5, 5.41) is 7.42. The lowest BCUT2D eigenvalue weighted by Crippen LogP contribution is -2.14. The zero-order valence-electron chi connectivity index (χ0n) is 9.36. The van der Waals surface area contributed by atoms with Gasteiger partial charge in [-0.3, -0.25) is 4.79 Å². The third kappa shape index (κ3) is 2.21. The third-order valence-corrected chi connectivity index (χ3v) is 2.23. The largest absolute Gasteiger partial charge is 0.354 e. The average Bonchev–Trinajstić information content (AvgIpc) is 2.61. The molecule has 0 aliphatic heterocycles. The molecule has 0 saturated carbocycles. The predicted octanol–water partition coefficient (Wildman–Crippen LogP) is 2.81. The molecule has 1 heterocycles. The number of aromatic nitrogens is 1. The van der Waals surface area contributed by atoms with Gasteiger partial charge in [0.25, 0.3) is 0 Å². The molecule has 1 N–H and O–H groups in total. The minimum atomic E-state index is -0.0333. The number of benzene rings is 1. The highest BCUT2D eigenvalue weighted by Crippen LogP contribution is 2.22. The van der Waals surface area contributed by atoms with Crippen LogP contribution in [0.3, 0.4) is 0 Å². The van der Waals surface area contributed by atoms with Crippen molar-refractivity contribution in [2.45, 2.75) is 20.3 Å². The van der Waals surface area contributed by atoms with Gasteiger partial charge >= 0.3 is 0 Å². The first-order chi connectivity index (χ1) is 7.66. The first-order valence-electron chi connectivity index (χ1n) is 5.31. The van der Waals surface area contributed by atoms with Gasteiger partial charge in [-0.05, 0) is 18.1 Å². The van der Waals surface area contributed by atoms with Crippen LogP contribution >= 0.6 is 0 Å². The molecule has 4 nitrogen and oxygen atoms in total. The minimum absolute atomic E-state index is 0.0333. The van der Waals surface area contributed by atoms with Gasteiger partial charge in [-0.25, -0.2) is 0 Å². The molecule has 2 aromatic rings. The zero-order valence-corrected chi connectivity index (χ0v) is 9.36. The second kappa shape index (κ2) is 4.35. The van der Waals surface area contributed by atoms with Crippen LogP contribution < -0.4 is 5.32 Å². The molecule has 0 atom stereocenters. The Morgan fingerprint density at radius 3 is 2.94 bits per heavy atom. The SMILES string of the molecule is CC(C)CC(=O)Nc1noc2ccccc12. The molecule has 1 aromatic heterocycles. The third-order valence-electron chi connectivity index (χ3n) is 2.23. The fourth-order valence-electron chi connectivity index (χ4n) is 1.53. The summed E-state index contributed by atoms with van der Waals surface area (Å²) in [7, 11) is 0. The molecule has 0 radical (unpaired) electrons. The molecule has 0 aliphatic carbocycles. The summed E-state index contributed by atoms with van der Waals surface area (Å²) in [6.07, 6.45) is 0.487. The molecule has 0 aliphatic rings. The Hall–Kier alpha value is -1.84. The monoisotopic (exact) mass is 218 g/mol. The summed E-state index contributed by atoms with van der Waals surface area (Å²) in [5.74, 6) is 0.800. The highest BCUT2D eigenvalue weighted by atomic mass is 16.5. The summed E-state index contributed by atoms with van der Waals surface area (Å²) in [5.41, 5.74) is 0.683. The molecule has 0 unspecified atom stereocenters. The second-order valence-corrected chi connectivity index (χ2v) is 4.17. The van der Waals surface area contributed by atoms with Gasteiger partial charge < -0.3 is 9.84 Å². The Bertz CT molecular complexity index is 502. The molecular formula is C12H14N2O2. The van der Waals surface area contributed by atoms with E-state index in [1.807, 2.05) is 38.1 Å². The van der Waals surface area contributed by atoms with Gasteiger partial charge in [0.1, 0.15) is 0 Å². The number of nitrogens with zero attached hydrogens (tertiary/aromatic N) is 1. The van der Waals surface area contributed by atoms with E-state index in [-0.39, 0.29) is 5.91 Å². The van der Waals surface area contributed by atoms with E-state index in [9.17, 15) is 4.79 Å². The van der Waals surface area contributed by atoms with Crippen LogP contribution in [0.1, 0.15) is 20.3 Å². The van der Waals surface area contributed by atoms with Crippen molar-refractivity contribution in [3.05, 3.63) is 24.3 Å². The van der Waals surface area contributed by atoms with E-state index in [2.05, 4.69) is 10.5 Å². The minimum Gasteiger partial charge on any atom is -0.354 e. The molecule has 1 amide bonds. The van der Waals surface area contributed by atoms with Crippen LogP contribution in [0.25, 0.3) is 11.0 Å². The van der Waals surface area contributed by atoms with Crippen LogP contribution in [0.15, 0.2) is 28.8 Å². The number of hydrogen-bond donors (Lipinski definition) is 1. The summed E-state index contributed by atoms with van der Waals surface area (Å²) < 4.78 is 5.09. The quantitative estimate of drug-likeness (QED) is 0.861. The molecule has 2 rings (SSSR count). The number of anilines is 1. The Kier molecular flexibility index (Phi) is 2.90. The van der Waals surface area contributed by atoms with Crippen LogP contribution in [0, 0.1) is 5.92 Å². The molecule has 1 aromatic carbocycles. The molecule has 0 saturated heterocycles. The van der Waals surface area contributed by atoms with Crippen molar-refractivity contribution < 1.29 is 9.32 Å². The molecule has 84 valence electrons. The van der Waals surface area contributed by atoms with E-state index in [4.69, 9.17) is 4.52 Å². The second-order valence-electron chi connectivity index (χ2n) is 4.17. The number of hydrogen-bond acceptors (Lipinski definition) is 3. The molecule has 0 spiro atoms. The maximum absolute atomic E-state index is 11.6. The van der Waals surface area contributed by atoms with Crippen LogP contribution in [0.2, 0.25) is 0 Å². The smallest absolute Gasteiger partial charge is 0.225 e. The number of fused-ring (bicyclic) bond motifs is 1. The van der Waals surface area contributed by atoms with Gasteiger partial charge in [0.2, 0.25) is 5.91 Å². The van der Waals surface area contributed by atoms with E-state index >= 15 is 0 Å². The van der Waals surface area contributed by atoms with E-state index < -0.39 is 0 Å². The van der Waals surface area contributed by atoms with Crippen molar-refractivity contribution in [2.24, 2.45) is 5.92 Å². The van der Waals surface area contributed by atoms with E-state index in [0.29, 0.717) is 23.7 Å². The number of nitrogens with one attached hydrogen (secondary N) is 1. The molecule has 4 heteroatoms. The van der Waals surface area contributed by atoms with Crippen LogP contribution in [0.5, 0.6) is 0 Å². The lowest BCUT2D eigenvalue weighted by molar-refractivity contribution is -0.116. The average molecular weight is 218 g/mol. The number of para-hydroxylation sites is 1. The normalized spacial score (nSPS) is 10.9. The van der Waals surface area contributed by atoms with Gasteiger partial charge in [-0.1, -0.05) is 31.1 Å². The highest BCUT2D eigenvalue weighted by Gasteiger charge is 2.11. The molecule has 0 bridgehead atoms. The highest BCUT2D eigenvalue weighted by molar-refractivity contribution is 5.98. The van der Waals surface area contributed by atoms with Crippen molar-refractivity contribution in [1.82, 2.24) is 5.16 Å². The van der Waals surface area contributed by atoms with Crippen LogP contribution in [-0.4, -0.2) is 11.1 Å². The van der Waals surface area contributed by atoms with Gasteiger partial charge in [0.05, 0.1) is 5.39 Å². The summed E-state index contributed by atoms with van der Waals surface area (Å²) in [4.78, 5) is 11.6. The van der Waals surface area contributed by atoms with E-state index in [1.54, 1.807) is 0 Å². The van der Waals surface area contributed by atoms with Gasteiger partial charge in [-0.15, -0.1) is 0 Å². The molecule has 0 fully saturated rings. The molecular weight excluding hydrogens is 204 g/mol. The van der Waals surface area contributed by atoms with Crippen molar-refractivity contribution >= 4 is 22.7 Å². The fourth-order valence-corrected chi connectivity index (χ4v) is 1.53. The number of carbonyl (C=O) groups excluding carboxylic acids is 1. The number of amides is 1. The first kappa shape index (κ1) is 10.7. The Balaban J connectivity index is 2.18. The van der Waals surface area contributed by atoms with Crippen LogP contribution in [-0.2, 0) is 4.79 Å². The summed E-state index contributed by atoms with van der Waals surface area (Å²) in [6, 6.07) is 7.45. The Morgan fingerprint density at radius 2 is 2.19 bits per heavy atom. The Morgan fingerprint density at radius 1 is 1.44 bits per heavy atom. The van der Waals surface area contributed by atoms with Crippen molar-refractivity contribution in [1.29, 1.82) is 0 Å². The lowest BCUT2D eigenvalue weighted by Gasteiger charge is -2.03. The van der Waals surface area contributed by atoms with E-state index in [0.717, 1.165) is 5.39 Å². The predicted molar refractivity (Wildman–Crippen MR) is 62.1 cm³/mol. The fraction of sp³-hybridized carbons (Fsp3) is 0.333. The standard InChI is InChI=1S/C12H14N2O2/c1-8(2)7-11(15)13-12-9-5-3-4-6-10(9)16-14-12/h3-6,8H,7H2,1-2H3,(H,13,14,15). The van der Waals surface area contributed by atoms with Crippen molar-refractivity contribution in [3.63, 3.8) is 0 Å². The maximum Gasteiger partial charge on any atom is 0.225 e. The van der Waals surface area contributed by atoms with Crippen LogP contribution in [0.4, 0.5) is 5.82 Å². The van der Waals surface area contributed by atoms with Gasteiger partial charge in [-0.2, -0.15) is 0 Å².